The van der Waals surface area contributed by atoms with E-state index < -0.39 is 12.1 Å². The van der Waals surface area contributed by atoms with Crippen molar-refractivity contribution in [3.63, 3.8) is 0 Å². The minimum absolute atomic E-state index is 0.0647. The van der Waals surface area contributed by atoms with Gasteiger partial charge < -0.3 is 9.84 Å². The first-order valence-electron chi connectivity index (χ1n) is 7.11. The van der Waals surface area contributed by atoms with Crippen LogP contribution in [-0.4, -0.2) is 30.1 Å². The van der Waals surface area contributed by atoms with E-state index in [1.807, 2.05) is 6.08 Å². The minimum Gasteiger partial charge on any atom is -0.469 e. The maximum absolute atomic E-state index is 11.4. The van der Waals surface area contributed by atoms with Crippen molar-refractivity contribution in [1.82, 2.24) is 0 Å². The van der Waals surface area contributed by atoms with Crippen LogP contribution in [0.1, 0.15) is 46.0 Å². The summed E-state index contributed by atoms with van der Waals surface area (Å²) >= 11 is 0. The molecule has 0 amide bonds. The SMILES string of the molecule is CCCCC(C)C=CC=CC(O)CC(=O)CC(=O)OC. The molecule has 0 aliphatic rings. The van der Waals surface area contributed by atoms with Crippen LogP contribution in [0.25, 0.3) is 0 Å². The van der Waals surface area contributed by atoms with Crippen LogP contribution in [0.2, 0.25) is 0 Å². The van der Waals surface area contributed by atoms with Crippen molar-refractivity contribution >= 4 is 11.8 Å². The maximum Gasteiger partial charge on any atom is 0.313 e. The Kier molecular flexibility index (Phi) is 10.6. The molecule has 0 spiro atoms. The van der Waals surface area contributed by atoms with Crippen LogP contribution in [0.5, 0.6) is 0 Å². The van der Waals surface area contributed by atoms with E-state index in [1.54, 1.807) is 12.2 Å². The van der Waals surface area contributed by atoms with Gasteiger partial charge in [-0.15, -0.1) is 0 Å². The number of methoxy groups -OCH3 is 1. The Morgan fingerprint density at radius 2 is 1.90 bits per heavy atom. The highest BCUT2D eigenvalue weighted by atomic mass is 16.5. The van der Waals surface area contributed by atoms with Gasteiger partial charge in [-0.3, -0.25) is 9.59 Å². The number of rotatable bonds is 10. The Bertz CT molecular complexity index is 344. The van der Waals surface area contributed by atoms with Gasteiger partial charge in [-0.25, -0.2) is 0 Å². The molecule has 0 bridgehead atoms. The molecule has 1 N–H and O–H groups in total. The molecule has 0 aromatic heterocycles. The number of aliphatic hydroxyl groups excluding tert-OH is 1. The molecule has 0 radical (unpaired) electrons. The van der Waals surface area contributed by atoms with Crippen LogP contribution in [0.3, 0.4) is 0 Å². The minimum atomic E-state index is -0.859. The molecule has 4 heteroatoms. The van der Waals surface area contributed by atoms with E-state index >= 15 is 0 Å². The number of hydrogen-bond donors (Lipinski definition) is 1. The number of unbranched alkanes of at least 4 members (excludes halogenated alkanes) is 1. The third-order valence-corrected chi connectivity index (χ3v) is 2.90. The van der Waals surface area contributed by atoms with Crippen molar-refractivity contribution in [2.75, 3.05) is 7.11 Å². The predicted molar refractivity (Wildman–Crippen MR) is 79.2 cm³/mol. The van der Waals surface area contributed by atoms with Crippen molar-refractivity contribution in [2.24, 2.45) is 5.92 Å². The molecule has 4 nitrogen and oxygen atoms in total. The number of carbonyl (C=O) groups excluding carboxylic acids is 2. The van der Waals surface area contributed by atoms with Gasteiger partial charge in [-0.1, -0.05) is 51.0 Å². The predicted octanol–water partition coefficient (Wildman–Crippen LogP) is 2.81. The second-order valence-electron chi connectivity index (χ2n) is 4.95. The topological polar surface area (TPSA) is 63.6 Å². The number of Topliss-reactive ketones (excluding diaryl/α,β-unsaturated/α-hetero) is 1. The smallest absolute Gasteiger partial charge is 0.313 e. The van der Waals surface area contributed by atoms with E-state index in [2.05, 4.69) is 24.7 Å². The molecule has 0 saturated carbocycles. The monoisotopic (exact) mass is 282 g/mol. The number of carbonyl (C=O) groups is 2. The van der Waals surface area contributed by atoms with Crippen molar-refractivity contribution in [1.29, 1.82) is 0 Å². The van der Waals surface area contributed by atoms with Gasteiger partial charge in [-0.05, 0) is 12.3 Å². The zero-order valence-corrected chi connectivity index (χ0v) is 12.7. The lowest BCUT2D eigenvalue weighted by Gasteiger charge is -2.04. The molecular weight excluding hydrogens is 256 g/mol. The van der Waals surface area contributed by atoms with Gasteiger partial charge >= 0.3 is 5.97 Å². The number of ether oxygens (including phenoxy) is 1. The van der Waals surface area contributed by atoms with E-state index in [0.717, 1.165) is 6.42 Å². The Labute approximate surface area is 121 Å². The highest BCUT2D eigenvalue weighted by molar-refractivity contribution is 5.95. The molecule has 0 aromatic carbocycles. The van der Waals surface area contributed by atoms with Gasteiger partial charge in [0.05, 0.1) is 13.2 Å². The molecule has 20 heavy (non-hydrogen) atoms. The summed E-state index contributed by atoms with van der Waals surface area (Å²) in [5, 5.41) is 9.62. The van der Waals surface area contributed by atoms with Crippen molar-refractivity contribution in [3.05, 3.63) is 24.3 Å². The molecule has 2 atom stereocenters. The van der Waals surface area contributed by atoms with Gasteiger partial charge in [0, 0.05) is 6.42 Å². The number of esters is 1. The Morgan fingerprint density at radius 1 is 1.25 bits per heavy atom. The second kappa shape index (κ2) is 11.4. The molecular formula is C16H26O4. The number of hydrogen-bond acceptors (Lipinski definition) is 4. The molecule has 0 aliphatic heterocycles. The zero-order chi connectivity index (χ0) is 15.4. The van der Waals surface area contributed by atoms with E-state index in [0.29, 0.717) is 5.92 Å². The molecule has 0 aliphatic carbocycles. The lowest BCUT2D eigenvalue weighted by Crippen LogP contribution is -2.15. The largest absolute Gasteiger partial charge is 0.469 e. The van der Waals surface area contributed by atoms with Gasteiger partial charge in [-0.2, -0.15) is 0 Å². The maximum atomic E-state index is 11.4. The Hall–Kier alpha value is -1.42. The average Bonchev–Trinajstić information content (AvgIpc) is 2.40. The highest BCUT2D eigenvalue weighted by Crippen LogP contribution is 2.09. The Balaban J connectivity index is 3.98. The molecule has 0 fully saturated rings. The van der Waals surface area contributed by atoms with Crippen molar-refractivity contribution < 1.29 is 19.4 Å². The third kappa shape index (κ3) is 10.5. The fraction of sp³-hybridized carbons (Fsp3) is 0.625. The summed E-state index contributed by atoms with van der Waals surface area (Å²) in [6.45, 7) is 4.31. The van der Waals surface area contributed by atoms with Crippen LogP contribution in [-0.2, 0) is 14.3 Å². The summed E-state index contributed by atoms with van der Waals surface area (Å²) < 4.78 is 4.39. The number of aliphatic hydroxyl groups is 1. The first kappa shape index (κ1) is 18.6. The second-order valence-corrected chi connectivity index (χ2v) is 4.95. The van der Waals surface area contributed by atoms with Gasteiger partial charge in [0.25, 0.3) is 0 Å². The summed E-state index contributed by atoms with van der Waals surface area (Å²) in [5.41, 5.74) is 0. The summed E-state index contributed by atoms with van der Waals surface area (Å²) in [6.07, 6.45) is 9.59. The summed E-state index contributed by atoms with van der Waals surface area (Å²) in [7, 11) is 1.23. The van der Waals surface area contributed by atoms with E-state index in [9.17, 15) is 14.7 Å². The van der Waals surface area contributed by atoms with Gasteiger partial charge in [0.2, 0.25) is 0 Å². The van der Waals surface area contributed by atoms with E-state index in [4.69, 9.17) is 0 Å². The molecule has 0 saturated heterocycles. The normalized spacial score (nSPS) is 14.6. The van der Waals surface area contributed by atoms with Gasteiger partial charge in [0.15, 0.2) is 0 Å². The molecule has 0 aromatic rings. The Morgan fingerprint density at radius 3 is 2.50 bits per heavy atom. The number of allylic oxidation sites excluding steroid dienone is 3. The van der Waals surface area contributed by atoms with Crippen LogP contribution in [0, 0.1) is 5.92 Å². The van der Waals surface area contributed by atoms with Crippen molar-refractivity contribution in [2.45, 2.75) is 52.1 Å². The van der Waals surface area contributed by atoms with E-state index in [-0.39, 0.29) is 18.6 Å². The highest BCUT2D eigenvalue weighted by Gasteiger charge is 2.12. The van der Waals surface area contributed by atoms with Crippen molar-refractivity contribution in [3.8, 4) is 0 Å². The molecule has 0 heterocycles. The molecule has 2 unspecified atom stereocenters. The van der Waals surface area contributed by atoms with Crippen LogP contribution in [0.4, 0.5) is 0 Å². The van der Waals surface area contributed by atoms with Gasteiger partial charge in [0.1, 0.15) is 12.2 Å². The zero-order valence-electron chi connectivity index (χ0n) is 12.7. The fourth-order valence-corrected chi connectivity index (χ4v) is 1.68. The molecule has 0 rings (SSSR count). The fourth-order valence-electron chi connectivity index (χ4n) is 1.68. The standard InChI is InChI=1S/C16H26O4/c1-4-5-8-13(2)9-6-7-10-14(17)11-15(18)12-16(19)20-3/h6-7,9-10,13-14,17H,4-5,8,11-12H2,1-3H3. The van der Waals surface area contributed by atoms with Crippen LogP contribution < -0.4 is 0 Å². The summed E-state index contributed by atoms with van der Waals surface area (Å²) in [5.74, 6) is -0.386. The molecule has 114 valence electrons. The third-order valence-electron chi connectivity index (χ3n) is 2.90. The van der Waals surface area contributed by atoms with Crippen LogP contribution in [0.15, 0.2) is 24.3 Å². The quantitative estimate of drug-likeness (QED) is 0.380. The van der Waals surface area contributed by atoms with Crippen LogP contribution >= 0.6 is 0 Å². The summed E-state index contributed by atoms with van der Waals surface area (Å²) in [6, 6.07) is 0. The average molecular weight is 282 g/mol. The lowest BCUT2D eigenvalue weighted by molar-refractivity contribution is -0.143. The number of ketones is 1. The lowest BCUT2D eigenvalue weighted by atomic mass is 10.0. The first-order valence-corrected chi connectivity index (χ1v) is 7.11. The summed E-state index contributed by atoms with van der Waals surface area (Å²) in [4.78, 5) is 22.2. The van der Waals surface area contributed by atoms with E-state index in [1.165, 1.54) is 20.0 Å². The first-order chi connectivity index (χ1) is 9.49.